The first-order valence-electron chi connectivity index (χ1n) is 5.30. The third-order valence-electron chi connectivity index (χ3n) is 2.74. The van der Waals surface area contributed by atoms with Crippen LogP contribution in [0.5, 0.6) is 0 Å². The molecule has 78 valence electrons. The van der Waals surface area contributed by atoms with Gasteiger partial charge in [0, 0.05) is 11.4 Å². The Kier molecular flexibility index (Phi) is 2.37. The van der Waals surface area contributed by atoms with E-state index in [4.69, 9.17) is 0 Å². The lowest BCUT2D eigenvalue weighted by atomic mass is 10.3. The van der Waals surface area contributed by atoms with Crippen LogP contribution in [0, 0.1) is 5.92 Å². The Morgan fingerprint density at radius 2 is 2.33 bits per heavy atom. The lowest BCUT2D eigenvalue weighted by molar-refractivity contribution is 0.773. The summed E-state index contributed by atoms with van der Waals surface area (Å²) in [6.07, 6.45) is 6.40. The molecule has 1 aliphatic carbocycles. The number of amidine groups is 1. The zero-order chi connectivity index (χ0) is 10.1. The molecule has 15 heavy (non-hydrogen) atoms. The highest BCUT2D eigenvalue weighted by Crippen LogP contribution is 2.41. The summed E-state index contributed by atoms with van der Waals surface area (Å²) in [4.78, 5) is 8.58. The molecule has 0 saturated heterocycles. The fraction of sp³-hybridized carbons (Fsp3) is 0.455. The molecular formula is C11H13N3S. The molecule has 4 heteroatoms. The number of pyridine rings is 1. The van der Waals surface area contributed by atoms with E-state index < -0.39 is 0 Å². The van der Waals surface area contributed by atoms with Crippen LogP contribution in [0.1, 0.15) is 12.8 Å². The van der Waals surface area contributed by atoms with Gasteiger partial charge in [-0.25, -0.2) is 0 Å². The second-order valence-electron chi connectivity index (χ2n) is 4.01. The molecule has 3 rings (SSSR count). The van der Waals surface area contributed by atoms with Crippen LogP contribution in [0.3, 0.4) is 0 Å². The predicted molar refractivity (Wildman–Crippen MR) is 64.3 cm³/mol. The van der Waals surface area contributed by atoms with Gasteiger partial charge in [-0.2, -0.15) is 0 Å². The molecule has 0 radical (unpaired) electrons. The summed E-state index contributed by atoms with van der Waals surface area (Å²) in [5, 5.41) is 5.09. The van der Waals surface area contributed by atoms with Crippen molar-refractivity contribution in [1.82, 2.24) is 4.98 Å². The Morgan fingerprint density at radius 1 is 1.40 bits per heavy atom. The van der Waals surface area contributed by atoms with Gasteiger partial charge in [-0.1, -0.05) is 11.8 Å². The summed E-state index contributed by atoms with van der Waals surface area (Å²) < 4.78 is 0. The zero-order valence-electron chi connectivity index (χ0n) is 8.39. The molecule has 1 fully saturated rings. The number of hydrogen-bond acceptors (Lipinski definition) is 4. The molecule has 3 nitrogen and oxygen atoms in total. The van der Waals surface area contributed by atoms with Crippen molar-refractivity contribution >= 4 is 22.6 Å². The maximum atomic E-state index is 4.51. The normalized spacial score (nSPS) is 25.1. The lowest BCUT2D eigenvalue weighted by Crippen LogP contribution is -2.08. The minimum atomic E-state index is 0.726. The highest BCUT2D eigenvalue weighted by Gasteiger charge is 2.35. The highest BCUT2D eigenvalue weighted by atomic mass is 32.2. The van der Waals surface area contributed by atoms with E-state index in [0.717, 1.165) is 28.6 Å². The average molecular weight is 219 g/mol. The van der Waals surface area contributed by atoms with Crippen molar-refractivity contribution in [2.45, 2.75) is 18.1 Å². The number of nitrogens with zero attached hydrogens (tertiary/aromatic N) is 2. The van der Waals surface area contributed by atoms with Gasteiger partial charge >= 0.3 is 0 Å². The van der Waals surface area contributed by atoms with Crippen molar-refractivity contribution in [3.05, 3.63) is 24.5 Å². The van der Waals surface area contributed by atoms with E-state index in [2.05, 4.69) is 15.3 Å². The van der Waals surface area contributed by atoms with Gasteiger partial charge in [0.1, 0.15) is 0 Å². The van der Waals surface area contributed by atoms with Gasteiger partial charge in [0.2, 0.25) is 0 Å². The SMILES string of the molecule is c1cncc(NC2=NCC(C3CC3)S2)c1. The second-order valence-corrected chi connectivity index (χ2v) is 5.23. The molecule has 1 aliphatic heterocycles. The largest absolute Gasteiger partial charge is 0.334 e. The maximum absolute atomic E-state index is 4.51. The Hall–Kier alpha value is -1.03. The molecular weight excluding hydrogens is 206 g/mol. The van der Waals surface area contributed by atoms with Gasteiger partial charge in [-0.15, -0.1) is 0 Å². The Balaban J connectivity index is 1.60. The molecule has 2 heterocycles. The van der Waals surface area contributed by atoms with Crippen LogP contribution >= 0.6 is 11.8 Å². The molecule has 1 N–H and O–H groups in total. The first-order valence-corrected chi connectivity index (χ1v) is 6.18. The number of anilines is 1. The summed E-state index contributed by atoms with van der Waals surface area (Å²) in [5.74, 6) is 0.923. The van der Waals surface area contributed by atoms with E-state index in [0.29, 0.717) is 0 Å². The van der Waals surface area contributed by atoms with Crippen molar-refractivity contribution in [2.75, 3.05) is 11.9 Å². The predicted octanol–water partition coefficient (Wildman–Crippen LogP) is 2.37. The first kappa shape index (κ1) is 9.21. The standard InChI is InChI=1S/C11H13N3S/c1-2-9(6-12-5-1)14-11-13-7-10(15-11)8-3-4-8/h1-2,5-6,8,10H,3-4,7H2,(H,13,14). The van der Waals surface area contributed by atoms with Gasteiger partial charge in [-0.05, 0) is 30.9 Å². The lowest BCUT2D eigenvalue weighted by Gasteiger charge is -2.06. The molecule has 0 bridgehead atoms. The second kappa shape index (κ2) is 3.85. The van der Waals surface area contributed by atoms with Crippen molar-refractivity contribution in [1.29, 1.82) is 0 Å². The van der Waals surface area contributed by atoms with Gasteiger partial charge in [0.05, 0.1) is 18.4 Å². The van der Waals surface area contributed by atoms with E-state index in [9.17, 15) is 0 Å². The molecule has 1 saturated carbocycles. The Labute approximate surface area is 93.4 Å². The van der Waals surface area contributed by atoms with Crippen molar-refractivity contribution in [3.63, 3.8) is 0 Å². The topological polar surface area (TPSA) is 37.3 Å². The number of rotatable bonds is 2. The van der Waals surface area contributed by atoms with Gasteiger partial charge in [0.15, 0.2) is 5.17 Å². The van der Waals surface area contributed by atoms with E-state index in [1.807, 2.05) is 30.1 Å². The van der Waals surface area contributed by atoms with Crippen LogP contribution in [-0.4, -0.2) is 21.9 Å². The quantitative estimate of drug-likeness (QED) is 0.829. The van der Waals surface area contributed by atoms with Crippen molar-refractivity contribution < 1.29 is 0 Å². The number of aromatic nitrogens is 1. The number of thioether (sulfide) groups is 1. The van der Waals surface area contributed by atoms with Crippen LogP contribution in [0.2, 0.25) is 0 Å². The van der Waals surface area contributed by atoms with Gasteiger partial charge < -0.3 is 5.32 Å². The zero-order valence-corrected chi connectivity index (χ0v) is 9.20. The van der Waals surface area contributed by atoms with E-state index in [-0.39, 0.29) is 0 Å². The fourth-order valence-corrected chi connectivity index (χ4v) is 2.96. The third kappa shape index (κ3) is 2.15. The van der Waals surface area contributed by atoms with Gasteiger partial charge in [0.25, 0.3) is 0 Å². The highest BCUT2D eigenvalue weighted by molar-refractivity contribution is 8.15. The first-order chi connectivity index (χ1) is 7.42. The minimum Gasteiger partial charge on any atom is -0.334 e. The minimum absolute atomic E-state index is 0.726. The molecule has 1 aromatic rings. The van der Waals surface area contributed by atoms with Crippen LogP contribution < -0.4 is 5.32 Å². The Bertz CT molecular complexity index is 373. The number of hydrogen-bond donors (Lipinski definition) is 1. The van der Waals surface area contributed by atoms with Crippen LogP contribution in [0.4, 0.5) is 5.69 Å². The summed E-state index contributed by atoms with van der Waals surface area (Å²) in [6.45, 7) is 0.984. The molecule has 1 unspecified atom stereocenters. The molecule has 1 atom stereocenters. The Morgan fingerprint density at radius 3 is 3.07 bits per heavy atom. The monoisotopic (exact) mass is 219 g/mol. The van der Waals surface area contributed by atoms with Crippen molar-refractivity contribution in [2.24, 2.45) is 10.9 Å². The summed E-state index contributed by atoms with van der Waals surface area (Å²) in [6, 6.07) is 3.95. The van der Waals surface area contributed by atoms with Gasteiger partial charge in [-0.3, -0.25) is 9.98 Å². The van der Waals surface area contributed by atoms with E-state index in [1.54, 1.807) is 6.20 Å². The summed E-state index contributed by atoms with van der Waals surface area (Å²) in [5.41, 5.74) is 1.03. The van der Waals surface area contributed by atoms with Crippen LogP contribution in [0.25, 0.3) is 0 Å². The maximum Gasteiger partial charge on any atom is 0.161 e. The van der Waals surface area contributed by atoms with E-state index in [1.165, 1.54) is 12.8 Å². The number of nitrogens with one attached hydrogen (secondary N) is 1. The van der Waals surface area contributed by atoms with E-state index >= 15 is 0 Å². The van der Waals surface area contributed by atoms with Crippen molar-refractivity contribution in [3.8, 4) is 0 Å². The third-order valence-corrected chi connectivity index (χ3v) is 4.03. The van der Waals surface area contributed by atoms with Crippen LogP contribution in [0.15, 0.2) is 29.5 Å². The number of aliphatic imine (C=N–C) groups is 1. The molecule has 1 aromatic heterocycles. The molecule has 0 aromatic carbocycles. The summed E-state index contributed by atoms with van der Waals surface area (Å²) >= 11 is 1.89. The molecule has 0 spiro atoms. The molecule has 0 amide bonds. The smallest absolute Gasteiger partial charge is 0.161 e. The molecule has 2 aliphatic rings. The fourth-order valence-electron chi connectivity index (χ4n) is 1.73. The summed E-state index contributed by atoms with van der Waals surface area (Å²) in [7, 11) is 0. The average Bonchev–Trinajstić information content (AvgIpc) is 3.02. The van der Waals surface area contributed by atoms with Crippen LogP contribution in [-0.2, 0) is 0 Å².